The molecule has 9 nitrogen and oxygen atoms in total. The van der Waals surface area contributed by atoms with E-state index in [1.165, 1.54) is 0 Å². The molecule has 0 fully saturated rings. The molecule has 0 atom stereocenters. The topological polar surface area (TPSA) is 122 Å². The summed E-state index contributed by atoms with van der Waals surface area (Å²) in [6.45, 7) is 4.39. The van der Waals surface area contributed by atoms with Crippen LogP contribution in [-0.2, 0) is 16.1 Å². The van der Waals surface area contributed by atoms with E-state index in [9.17, 15) is 4.79 Å². The summed E-state index contributed by atoms with van der Waals surface area (Å²) in [5.41, 5.74) is 1.80. The Bertz CT molecular complexity index is 870. The van der Waals surface area contributed by atoms with Crippen molar-refractivity contribution in [3.05, 3.63) is 48.5 Å². The first-order chi connectivity index (χ1) is 13.1. The Labute approximate surface area is 156 Å². The Morgan fingerprint density at radius 2 is 2.07 bits per heavy atom. The lowest BCUT2D eigenvalue weighted by Crippen LogP contribution is -2.19. The fourth-order valence-corrected chi connectivity index (χ4v) is 2.34. The van der Waals surface area contributed by atoms with Crippen LogP contribution < -0.4 is 10.1 Å². The molecule has 0 aliphatic carbocycles. The minimum Gasteiger partial charge on any atom is -0.494 e. The number of imidazole rings is 1. The number of amides is 1. The van der Waals surface area contributed by atoms with Gasteiger partial charge in [-0.1, -0.05) is 0 Å². The number of H-pyrrole nitrogens is 1. The summed E-state index contributed by atoms with van der Waals surface area (Å²) < 4.78 is 7.20. The summed E-state index contributed by atoms with van der Waals surface area (Å²) in [5, 5.41) is 16.7. The van der Waals surface area contributed by atoms with Crippen LogP contribution in [0.2, 0.25) is 0 Å². The lowest BCUT2D eigenvalue weighted by atomic mass is 10.1. The zero-order valence-electron chi connectivity index (χ0n) is 15.0. The number of ether oxygens (including phenoxy) is 1. The highest BCUT2D eigenvalue weighted by Gasteiger charge is 2.09. The van der Waals surface area contributed by atoms with Crippen LogP contribution in [0, 0.1) is 6.92 Å². The van der Waals surface area contributed by atoms with E-state index in [2.05, 4.69) is 20.5 Å². The molecule has 0 spiro atoms. The van der Waals surface area contributed by atoms with E-state index < -0.39 is 0 Å². The Morgan fingerprint density at radius 3 is 2.67 bits per heavy atom. The molecule has 27 heavy (non-hydrogen) atoms. The molecule has 9 heteroatoms. The van der Waals surface area contributed by atoms with E-state index in [1.54, 1.807) is 23.0 Å². The molecule has 3 N–H and O–H groups in total. The van der Waals surface area contributed by atoms with Gasteiger partial charge in [0.15, 0.2) is 5.82 Å². The fourth-order valence-electron chi connectivity index (χ4n) is 2.34. The summed E-state index contributed by atoms with van der Waals surface area (Å²) in [4.78, 5) is 24.5. The van der Waals surface area contributed by atoms with Crippen LogP contribution in [0.25, 0.3) is 11.3 Å². The van der Waals surface area contributed by atoms with Crippen molar-refractivity contribution in [3.8, 4) is 17.0 Å². The molecule has 2 aromatic heterocycles. The number of aromatic amines is 1. The first kappa shape index (κ1) is 19.7. The van der Waals surface area contributed by atoms with Gasteiger partial charge in [-0.15, -0.1) is 0 Å². The maximum Gasteiger partial charge on any atom is 0.290 e. The minimum atomic E-state index is -0.250. The van der Waals surface area contributed by atoms with E-state index in [1.807, 2.05) is 38.1 Å². The molecule has 0 aliphatic heterocycles. The lowest BCUT2D eigenvalue weighted by molar-refractivity contribution is -0.123. The van der Waals surface area contributed by atoms with Gasteiger partial charge < -0.3 is 19.7 Å². The molecule has 3 rings (SSSR count). The number of benzene rings is 1. The maximum absolute atomic E-state index is 12.1. The molecule has 1 amide bonds. The molecule has 0 unspecified atom stereocenters. The quantitative estimate of drug-likeness (QED) is 0.572. The van der Waals surface area contributed by atoms with Gasteiger partial charge in [0.1, 0.15) is 18.1 Å². The van der Waals surface area contributed by atoms with Crippen molar-refractivity contribution >= 4 is 18.2 Å². The smallest absolute Gasteiger partial charge is 0.290 e. The van der Waals surface area contributed by atoms with Crippen LogP contribution in [0.15, 0.2) is 42.7 Å². The zero-order valence-corrected chi connectivity index (χ0v) is 15.0. The number of carboxylic acid groups (broad SMARTS) is 1. The van der Waals surface area contributed by atoms with Crippen molar-refractivity contribution in [1.29, 1.82) is 0 Å². The van der Waals surface area contributed by atoms with Gasteiger partial charge in [0, 0.05) is 18.5 Å². The van der Waals surface area contributed by atoms with Crippen LogP contribution in [0.1, 0.15) is 12.7 Å². The highest BCUT2D eigenvalue weighted by Crippen LogP contribution is 2.22. The van der Waals surface area contributed by atoms with Gasteiger partial charge in [-0.05, 0) is 43.7 Å². The molecule has 0 saturated carbocycles. The number of anilines is 1. The van der Waals surface area contributed by atoms with E-state index in [0.717, 1.165) is 22.8 Å². The number of carbonyl (C=O) groups excluding carboxylic acids is 1. The molecular formula is C18H21N5O4. The molecule has 0 radical (unpaired) electrons. The highest BCUT2D eigenvalue weighted by molar-refractivity contribution is 5.90. The van der Waals surface area contributed by atoms with Gasteiger partial charge in [0.25, 0.3) is 6.47 Å². The Kier molecular flexibility index (Phi) is 7.12. The summed E-state index contributed by atoms with van der Waals surface area (Å²) in [5.74, 6) is 1.95. The number of hydrogen-bond acceptors (Lipinski definition) is 5. The summed E-state index contributed by atoms with van der Waals surface area (Å²) in [6.07, 6.45) is 3.44. The van der Waals surface area contributed by atoms with Gasteiger partial charge in [0.2, 0.25) is 5.91 Å². The standard InChI is InChI=1S/C17H19N5O2.CH2O2/c1-3-24-14-6-4-13(5-7-14)15-10-16(21-20-15)19-17(23)11-22-9-8-18-12(22)2;2-1-3/h4-10H,3,11H2,1-2H3,(H2,19,20,21,23);1H,(H,2,3). The van der Waals surface area contributed by atoms with Crippen LogP contribution in [0.3, 0.4) is 0 Å². The van der Waals surface area contributed by atoms with E-state index >= 15 is 0 Å². The van der Waals surface area contributed by atoms with E-state index in [4.69, 9.17) is 14.6 Å². The number of hydrogen-bond donors (Lipinski definition) is 3. The number of aromatic nitrogens is 4. The van der Waals surface area contributed by atoms with Crippen LogP contribution in [-0.4, -0.2) is 43.8 Å². The Hall–Kier alpha value is -3.62. The van der Waals surface area contributed by atoms with Gasteiger partial charge >= 0.3 is 0 Å². The minimum absolute atomic E-state index is 0.152. The summed E-state index contributed by atoms with van der Waals surface area (Å²) >= 11 is 0. The fraction of sp³-hybridized carbons (Fsp3) is 0.222. The van der Waals surface area contributed by atoms with Gasteiger partial charge in [-0.2, -0.15) is 5.10 Å². The van der Waals surface area contributed by atoms with E-state index in [0.29, 0.717) is 12.4 Å². The van der Waals surface area contributed by atoms with Gasteiger partial charge in [-0.25, -0.2) is 4.98 Å². The van der Waals surface area contributed by atoms with Crippen molar-refractivity contribution in [3.63, 3.8) is 0 Å². The van der Waals surface area contributed by atoms with Gasteiger partial charge in [-0.3, -0.25) is 14.7 Å². The normalized spacial score (nSPS) is 9.85. The summed E-state index contributed by atoms with van der Waals surface area (Å²) in [6, 6.07) is 9.49. The Morgan fingerprint density at radius 1 is 1.37 bits per heavy atom. The number of carbonyl (C=O) groups is 2. The average Bonchev–Trinajstić information content (AvgIpc) is 3.26. The zero-order chi connectivity index (χ0) is 19.6. The molecule has 3 aromatic rings. The van der Waals surface area contributed by atoms with Crippen molar-refractivity contribution in [2.24, 2.45) is 0 Å². The monoisotopic (exact) mass is 371 g/mol. The van der Waals surface area contributed by atoms with Crippen LogP contribution in [0.4, 0.5) is 5.82 Å². The average molecular weight is 371 g/mol. The first-order valence-electron chi connectivity index (χ1n) is 8.21. The largest absolute Gasteiger partial charge is 0.494 e. The second-order valence-electron chi connectivity index (χ2n) is 5.38. The van der Waals surface area contributed by atoms with Crippen LogP contribution in [0.5, 0.6) is 5.75 Å². The van der Waals surface area contributed by atoms with E-state index in [-0.39, 0.29) is 18.9 Å². The first-order valence-corrected chi connectivity index (χ1v) is 8.21. The van der Waals surface area contributed by atoms with Gasteiger partial charge in [0.05, 0.1) is 12.3 Å². The Balaban J connectivity index is 0.000000817. The number of aryl methyl sites for hydroxylation is 1. The van der Waals surface area contributed by atoms with Crippen LogP contribution >= 0.6 is 0 Å². The second kappa shape index (κ2) is 9.76. The number of nitrogens with one attached hydrogen (secondary N) is 2. The predicted molar refractivity (Wildman–Crippen MR) is 99.5 cm³/mol. The third-order valence-corrected chi connectivity index (χ3v) is 3.56. The van der Waals surface area contributed by atoms with Crippen molar-refractivity contribution < 1.29 is 19.4 Å². The molecule has 0 aliphatic rings. The number of rotatable bonds is 6. The molecular weight excluding hydrogens is 350 g/mol. The molecule has 0 saturated heterocycles. The SMILES string of the molecule is CCOc1ccc(-c2cc(NC(=O)Cn3ccnc3C)n[nH]2)cc1.O=CO. The lowest BCUT2D eigenvalue weighted by Gasteiger charge is -2.04. The second-order valence-corrected chi connectivity index (χ2v) is 5.38. The molecule has 142 valence electrons. The maximum atomic E-state index is 12.1. The molecule has 2 heterocycles. The van der Waals surface area contributed by atoms with Crippen molar-refractivity contribution in [1.82, 2.24) is 19.7 Å². The molecule has 0 bridgehead atoms. The van der Waals surface area contributed by atoms with Crippen molar-refractivity contribution in [2.75, 3.05) is 11.9 Å². The summed E-state index contributed by atoms with van der Waals surface area (Å²) in [7, 11) is 0. The number of nitrogens with zero attached hydrogens (tertiary/aromatic N) is 3. The molecule has 1 aromatic carbocycles. The predicted octanol–water partition coefficient (Wildman–Crippen LogP) is 2.32. The van der Waals surface area contributed by atoms with Crippen molar-refractivity contribution in [2.45, 2.75) is 20.4 Å². The third kappa shape index (κ3) is 5.70. The third-order valence-electron chi connectivity index (χ3n) is 3.56. The highest BCUT2D eigenvalue weighted by atomic mass is 16.5.